The van der Waals surface area contributed by atoms with E-state index in [1.54, 1.807) is 6.07 Å². The van der Waals surface area contributed by atoms with Crippen molar-refractivity contribution in [3.8, 4) is 0 Å². The topological polar surface area (TPSA) is 106 Å². The van der Waals surface area contributed by atoms with Crippen molar-refractivity contribution in [2.45, 2.75) is 30.2 Å². The molecular weight excluding hydrogens is 426 g/mol. The number of anilines is 1. The normalized spacial score (nSPS) is 20.4. The van der Waals surface area contributed by atoms with Crippen LogP contribution in [-0.4, -0.2) is 31.2 Å². The van der Waals surface area contributed by atoms with E-state index in [0.717, 1.165) is 10.7 Å². The predicted molar refractivity (Wildman–Crippen MR) is 87.0 cm³/mol. The van der Waals surface area contributed by atoms with Crippen LogP contribution in [0.25, 0.3) is 0 Å². The zero-order chi connectivity index (χ0) is 15.8. The molecule has 1 unspecified atom stereocenters. The molecule has 0 radical (unpaired) electrons. The Morgan fingerprint density at radius 1 is 1.29 bits per heavy atom. The highest BCUT2D eigenvalue weighted by Crippen LogP contribution is 2.35. The summed E-state index contributed by atoms with van der Waals surface area (Å²) in [5, 5.41) is 0. The maximum atomic E-state index is 12.8. The summed E-state index contributed by atoms with van der Waals surface area (Å²) in [6, 6.07) is 2.30. The highest BCUT2D eigenvalue weighted by atomic mass is 79.9. The van der Waals surface area contributed by atoms with Gasteiger partial charge in [-0.1, -0.05) is 22.4 Å². The molecule has 1 fully saturated rings. The molecule has 21 heavy (non-hydrogen) atoms. The second kappa shape index (κ2) is 6.23. The van der Waals surface area contributed by atoms with Crippen LogP contribution in [0, 0.1) is 0 Å². The van der Waals surface area contributed by atoms with Gasteiger partial charge in [-0.2, -0.15) is 4.31 Å². The molecule has 9 heteroatoms. The minimum Gasteiger partial charge on any atom is -0.398 e. The summed E-state index contributed by atoms with van der Waals surface area (Å²) in [7, 11) is -3.89. The van der Waals surface area contributed by atoms with Gasteiger partial charge in [0.05, 0.1) is 5.69 Å². The monoisotopic (exact) mass is 439 g/mol. The zero-order valence-corrected chi connectivity index (χ0v) is 15.0. The Hall–Kier alpha value is -0.640. The van der Waals surface area contributed by atoms with Gasteiger partial charge in [0.25, 0.3) is 0 Å². The van der Waals surface area contributed by atoms with Crippen molar-refractivity contribution in [1.82, 2.24) is 4.31 Å². The number of carbonyl (C=O) groups is 1. The molecule has 1 aromatic rings. The van der Waals surface area contributed by atoms with Crippen LogP contribution < -0.4 is 11.5 Å². The van der Waals surface area contributed by atoms with Gasteiger partial charge in [-0.15, -0.1) is 0 Å². The van der Waals surface area contributed by atoms with Crippen molar-refractivity contribution in [3.05, 3.63) is 21.1 Å². The number of piperidine rings is 1. The van der Waals surface area contributed by atoms with Crippen molar-refractivity contribution in [2.75, 3.05) is 12.3 Å². The highest BCUT2D eigenvalue weighted by Gasteiger charge is 2.38. The van der Waals surface area contributed by atoms with E-state index in [0.29, 0.717) is 21.8 Å². The van der Waals surface area contributed by atoms with E-state index in [9.17, 15) is 13.2 Å². The molecule has 1 heterocycles. The fourth-order valence-electron chi connectivity index (χ4n) is 2.45. The third-order valence-electron chi connectivity index (χ3n) is 3.39. The fraction of sp³-hybridized carbons (Fsp3) is 0.417. The van der Waals surface area contributed by atoms with Gasteiger partial charge < -0.3 is 11.5 Å². The molecule has 1 aliphatic heterocycles. The number of amides is 1. The third kappa shape index (κ3) is 3.25. The Morgan fingerprint density at radius 2 is 1.95 bits per heavy atom. The maximum Gasteiger partial charge on any atom is 0.246 e. The van der Waals surface area contributed by atoms with Gasteiger partial charge in [0.15, 0.2) is 0 Å². The molecular formula is C12H15Br2N3O3S. The SMILES string of the molecule is NC(=O)C1CCCCN1S(=O)(=O)c1c(N)cc(Br)cc1Br. The summed E-state index contributed by atoms with van der Waals surface area (Å²) < 4.78 is 27.9. The maximum absolute atomic E-state index is 12.8. The summed E-state index contributed by atoms with van der Waals surface area (Å²) in [4.78, 5) is 11.5. The van der Waals surface area contributed by atoms with Crippen LogP contribution >= 0.6 is 31.9 Å². The molecule has 1 aliphatic rings. The standard InChI is InChI=1S/C12H15Br2N3O3S/c13-7-5-8(14)11(9(15)6-7)21(19,20)17-4-2-1-3-10(17)12(16)18/h5-6,10H,1-4,15H2,(H2,16,18). The molecule has 0 spiro atoms. The summed E-state index contributed by atoms with van der Waals surface area (Å²) in [5.74, 6) is -0.634. The first kappa shape index (κ1) is 16.7. The first-order chi connectivity index (χ1) is 9.75. The number of benzene rings is 1. The minimum absolute atomic E-state index is 0.0288. The Balaban J connectivity index is 2.53. The number of hydrogen-bond acceptors (Lipinski definition) is 4. The molecule has 6 nitrogen and oxygen atoms in total. The van der Waals surface area contributed by atoms with Gasteiger partial charge in [0.1, 0.15) is 10.9 Å². The number of rotatable bonds is 3. The van der Waals surface area contributed by atoms with Crippen LogP contribution in [0.2, 0.25) is 0 Å². The lowest BCUT2D eigenvalue weighted by molar-refractivity contribution is -0.122. The van der Waals surface area contributed by atoms with E-state index in [1.165, 1.54) is 6.07 Å². The van der Waals surface area contributed by atoms with Crippen LogP contribution in [-0.2, 0) is 14.8 Å². The van der Waals surface area contributed by atoms with E-state index < -0.39 is 22.0 Å². The first-order valence-corrected chi connectivity index (χ1v) is 9.33. The third-order valence-corrected chi connectivity index (χ3v) is 6.76. The van der Waals surface area contributed by atoms with E-state index in [4.69, 9.17) is 11.5 Å². The fourth-order valence-corrected chi connectivity index (χ4v) is 6.13. The van der Waals surface area contributed by atoms with Crippen molar-refractivity contribution < 1.29 is 13.2 Å². The number of hydrogen-bond donors (Lipinski definition) is 2. The summed E-state index contributed by atoms with van der Waals surface area (Å²) in [5.41, 5.74) is 11.3. The van der Waals surface area contributed by atoms with Crippen molar-refractivity contribution in [2.24, 2.45) is 5.73 Å². The average molecular weight is 441 g/mol. The van der Waals surface area contributed by atoms with Gasteiger partial charge >= 0.3 is 0 Å². The Bertz CT molecular complexity index is 655. The molecule has 0 aliphatic carbocycles. The van der Waals surface area contributed by atoms with Gasteiger partial charge in [0, 0.05) is 15.5 Å². The number of primary amides is 1. The Labute approximate surface area is 140 Å². The van der Waals surface area contributed by atoms with Gasteiger partial charge in [-0.3, -0.25) is 4.79 Å². The first-order valence-electron chi connectivity index (χ1n) is 6.31. The Morgan fingerprint density at radius 3 is 2.52 bits per heavy atom. The summed E-state index contributed by atoms with van der Waals surface area (Å²) >= 11 is 6.48. The molecule has 2 rings (SSSR count). The number of sulfonamides is 1. The second-order valence-electron chi connectivity index (χ2n) is 4.84. The molecule has 1 saturated heterocycles. The molecule has 0 aromatic heterocycles. The molecule has 0 bridgehead atoms. The number of nitrogens with zero attached hydrogens (tertiary/aromatic N) is 1. The quantitative estimate of drug-likeness (QED) is 0.699. The van der Waals surface area contributed by atoms with Crippen LogP contribution in [0.15, 0.2) is 26.0 Å². The number of nitrogens with two attached hydrogens (primary N) is 2. The van der Waals surface area contributed by atoms with Crippen molar-refractivity contribution in [1.29, 1.82) is 0 Å². The molecule has 1 amide bonds. The van der Waals surface area contributed by atoms with Gasteiger partial charge in [-0.25, -0.2) is 8.42 Å². The summed E-state index contributed by atoms with van der Waals surface area (Å²) in [6.07, 6.45) is 1.90. The van der Waals surface area contributed by atoms with Crippen molar-refractivity contribution >= 4 is 53.5 Å². The second-order valence-corrected chi connectivity index (χ2v) is 8.43. The minimum atomic E-state index is -3.89. The van der Waals surface area contributed by atoms with Gasteiger partial charge in [-0.05, 0) is 40.9 Å². The lowest BCUT2D eigenvalue weighted by Crippen LogP contribution is -2.50. The lowest BCUT2D eigenvalue weighted by atomic mass is 10.0. The largest absolute Gasteiger partial charge is 0.398 e. The molecule has 1 atom stereocenters. The van der Waals surface area contributed by atoms with Crippen LogP contribution in [0.1, 0.15) is 19.3 Å². The lowest BCUT2D eigenvalue weighted by Gasteiger charge is -2.33. The van der Waals surface area contributed by atoms with Crippen molar-refractivity contribution in [3.63, 3.8) is 0 Å². The molecule has 1 aromatic carbocycles. The number of halogens is 2. The van der Waals surface area contributed by atoms with Gasteiger partial charge in [0.2, 0.25) is 15.9 Å². The van der Waals surface area contributed by atoms with Crippen LogP contribution in [0.3, 0.4) is 0 Å². The predicted octanol–water partition coefficient (Wildman–Crippen LogP) is 1.82. The highest BCUT2D eigenvalue weighted by molar-refractivity contribution is 9.11. The zero-order valence-electron chi connectivity index (χ0n) is 11.1. The summed E-state index contributed by atoms with van der Waals surface area (Å²) in [6.45, 7) is 0.262. The van der Waals surface area contributed by atoms with E-state index in [2.05, 4.69) is 31.9 Å². The number of nitrogen functional groups attached to an aromatic ring is 1. The van der Waals surface area contributed by atoms with E-state index in [-0.39, 0.29) is 17.1 Å². The average Bonchev–Trinajstić information content (AvgIpc) is 2.37. The molecule has 116 valence electrons. The molecule has 4 N–H and O–H groups in total. The van der Waals surface area contributed by atoms with Crippen LogP contribution in [0.5, 0.6) is 0 Å². The number of carbonyl (C=O) groups excluding carboxylic acids is 1. The Kier molecular flexibility index (Phi) is 4.96. The van der Waals surface area contributed by atoms with Crippen LogP contribution in [0.4, 0.5) is 5.69 Å². The van der Waals surface area contributed by atoms with E-state index >= 15 is 0 Å². The van der Waals surface area contributed by atoms with E-state index in [1.807, 2.05) is 0 Å². The molecule has 0 saturated carbocycles. The smallest absolute Gasteiger partial charge is 0.246 e.